The van der Waals surface area contributed by atoms with Gasteiger partial charge in [-0.2, -0.15) is 0 Å². The molecule has 0 saturated heterocycles. The summed E-state index contributed by atoms with van der Waals surface area (Å²) in [5.74, 6) is -3.69. The van der Waals surface area contributed by atoms with E-state index in [2.05, 4.69) is 4.98 Å². The number of esters is 1. The number of hydrogen-bond acceptors (Lipinski definition) is 5. The molecule has 1 aromatic carbocycles. The number of fused-ring (bicyclic) bond motifs is 1. The summed E-state index contributed by atoms with van der Waals surface area (Å²) in [7, 11) is 0. The quantitative estimate of drug-likeness (QED) is 0.458. The van der Waals surface area contributed by atoms with E-state index in [1.54, 1.807) is 27.7 Å². The number of halogens is 3. The lowest BCUT2D eigenvalue weighted by molar-refractivity contribution is -0.155. The zero-order valence-corrected chi connectivity index (χ0v) is 20.1. The van der Waals surface area contributed by atoms with Crippen LogP contribution in [0.25, 0.3) is 11.3 Å². The normalized spacial score (nSPS) is 16.4. The number of carbonyl (C=O) groups is 3. The van der Waals surface area contributed by atoms with Gasteiger partial charge < -0.3 is 15.4 Å². The van der Waals surface area contributed by atoms with Gasteiger partial charge in [0, 0.05) is 34.9 Å². The Morgan fingerprint density at radius 3 is 2.44 bits per heavy atom. The number of amides is 2. The van der Waals surface area contributed by atoms with E-state index in [0.29, 0.717) is 0 Å². The Bertz CT molecular complexity index is 1150. The molecule has 2 N–H and O–H groups in total. The van der Waals surface area contributed by atoms with Gasteiger partial charge in [0.05, 0.1) is 11.9 Å². The van der Waals surface area contributed by atoms with Gasteiger partial charge in [0.2, 0.25) is 5.91 Å². The molecule has 1 unspecified atom stereocenters. The van der Waals surface area contributed by atoms with Crippen molar-refractivity contribution in [1.29, 1.82) is 0 Å². The largest absolute Gasteiger partial charge is 0.460 e. The van der Waals surface area contributed by atoms with Gasteiger partial charge in [-0.15, -0.1) is 11.6 Å². The smallest absolute Gasteiger partial charge is 0.306 e. The maximum atomic E-state index is 15.6. The topological polar surface area (TPSA) is 103 Å². The monoisotopic (exact) mass is 493 g/mol. The van der Waals surface area contributed by atoms with Crippen molar-refractivity contribution in [3.8, 4) is 11.3 Å². The number of rotatable bonds is 7. The number of nitrogens with zero attached hydrogens (tertiary/aromatic N) is 2. The number of benzene rings is 1. The minimum Gasteiger partial charge on any atom is -0.460 e. The summed E-state index contributed by atoms with van der Waals surface area (Å²) in [4.78, 5) is 42.6. The van der Waals surface area contributed by atoms with Crippen LogP contribution in [0.5, 0.6) is 0 Å². The average molecular weight is 494 g/mol. The van der Waals surface area contributed by atoms with E-state index in [9.17, 15) is 18.8 Å². The average Bonchev–Trinajstić information content (AvgIpc) is 2.99. The van der Waals surface area contributed by atoms with Gasteiger partial charge >= 0.3 is 5.97 Å². The van der Waals surface area contributed by atoms with Gasteiger partial charge in [-0.25, -0.2) is 8.78 Å². The van der Waals surface area contributed by atoms with Gasteiger partial charge in [0.15, 0.2) is 5.82 Å². The highest BCUT2D eigenvalue weighted by Gasteiger charge is 2.43. The van der Waals surface area contributed by atoms with Crippen molar-refractivity contribution in [1.82, 2.24) is 9.88 Å². The summed E-state index contributed by atoms with van der Waals surface area (Å²) < 4.78 is 35.7. The molecule has 2 amide bonds. The van der Waals surface area contributed by atoms with Gasteiger partial charge in [0.1, 0.15) is 23.2 Å². The standard InChI is InChI=1S/C24H26ClF2N3O4/c1-12-18-14(5-6-15(20(18)27)21-19(26)13(11-25)9-10-29-21)23(33)30(12)16(22(28)32)7-8-17(31)34-24(2,3)4/h5-6,9-10,12,16H,7-8,11H2,1-4H3,(H2,28,32)/t12-,16?/m1/s1. The van der Waals surface area contributed by atoms with E-state index in [4.69, 9.17) is 22.1 Å². The number of ether oxygens (including phenoxy) is 1. The second kappa shape index (κ2) is 9.66. The molecule has 10 heteroatoms. The highest BCUT2D eigenvalue weighted by molar-refractivity contribution is 6.17. The van der Waals surface area contributed by atoms with Crippen LogP contribution in [0.15, 0.2) is 24.4 Å². The molecule has 0 radical (unpaired) electrons. The molecule has 7 nitrogen and oxygen atoms in total. The number of primary amides is 1. The fourth-order valence-corrected chi connectivity index (χ4v) is 4.28. The van der Waals surface area contributed by atoms with E-state index < -0.39 is 47.1 Å². The van der Waals surface area contributed by atoms with Crippen molar-refractivity contribution in [2.75, 3.05) is 0 Å². The van der Waals surface area contributed by atoms with Crippen molar-refractivity contribution in [3.05, 3.63) is 52.7 Å². The first kappa shape index (κ1) is 25.6. The number of nitrogens with two attached hydrogens (primary N) is 1. The lowest BCUT2D eigenvalue weighted by Crippen LogP contribution is -2.46. The fraction of sp³-hybridized carbons (Fsp3) is 0.417. The molecular formula is C24H26ClF2N3O4. The van der Waals surface area contributed by atoms with E-state index in [0.717, 1.165) is 4.90 Å². The Kier molecular flexibility index (Phi) is 7.26. The zero-order valence-electron chi connectivity index (χ0n) is 19.3. The summed E-state index contributed by atoms with van der Waals surface area (Å²) in [6.45, 7) is 6.67. The van der Waals surface area contributed by atoms with Crippen LogP contribution >= 0.6 is 11.6 Å². The van der Waals surface area contributed by atoms with Crippen molar-refractivity contribution >= 4 is 29.4 Å². The molecule has 0 saturated carbocycles. The molecule has 2 heterocycles. The van der Waals surface area contributed by atoms with Crippen LogP contribution in [0, 0.1) is 11.6 Å². The van der Waals surface area contributed by atoms with E-state index in [1.165, 1.54) is 24.4 Å². The molecule has 2 aromatic rings. The second-order valence-electron chi connectivity index (χ2n) is 9.09. The van der Waals surface area contributed by atoms with Crippen LogP contribution < -0.4 is 5.73 Å². The highest BCUT2D eigenvalue weighted by atomic mass is 35.5. The van der Waals surface area contributed by atoms with Gasteiger partial charge in [0.25, 0.3) is 5.91 Å². The molecule has 182 valence electrons. The molecule has 0 aliphatic carbocycles. The molecule has 34 heavy (non-hydrogen) atoms. The van der Waals surface area contributed by atoms with Crippen molar-refractivity contribution in [2.45, 2.75) is 64.1 Å². The third-order valence-corrected chi connectivity index (χ3v) is 5.84. The first-order valence-corrected chi connectivity index (χ1v) is 11.3. The molecule has 1 aliphatic rings. The lowest BCUT2D eigenvalue weighted by Gasteiger charge is -2.30. The van der Waals surface area contributed by atoms with Crippen LogP contribution in [-0.4, -0.2) is 39.3 Å². The summed E-state index contributed by atoms with van der Waals surface area (Å²) in [5.41, 5.74) is 4.67. The minimum absolute atomic E-state index is 0.00324. The highest BCUT2D eigenvalue weighted by Crippen LogP contribution is 2.41. The maximum Gasteiger partial charge on any atom is 0.306 e. The van der Waals surface area contributed by atoms with Gasteiger partial charge in [-0.05, 0) is 52.3 Å². The number of hydrogen-bond donors (Lipinski definition) is 1. The Hall–Kier alpha value is -3.07. The van der Waals surface area contributed by atoms with Crippen molar-refractivity contribution in [3.63, 3.8) is 0 Å². The number of pyridine rings is 1. The Morgan fingerprint density at radius 1 is 1.21 bits per heavy atom. The van der Waals surface area contributed by atoms with Crippen LogP contribution in [0.3, 0.4) is 0 Å². The van der Waals surface area contributed by atoms with Crippen LogP contribution in [-0.2, 0) is 20.2 Å². The van der Waals surface area contributed by atoms with Crippen molar-refractivity contribution in [2.24, 2.45) is 5.73 Å². The molecule has 2 atom stereocenters. The number of alkyl halides is 1. The van der Waals surface area contributed by atoms with Gasteiger partial charge in [-0.3, -0.25) is 19.4 Å². The Morgan fingerprint density at radius 2 is 1.85 bits per heavy atom. The summed E-state index contributed by atoms with van der Waals surface area (Å²) in [6.07, 6.45) is 1.08. The zero-order chi connectivity index (χ0) is 25.4. The maximum absolute atomic E-state index is 15.6. The molecule has 1 aliphatic heterocycles. The van der Waals surface area contributed by atoms with Crippen molar-refractivity contribution < 1.29 is 27.9 Å². The second-order valence-corrected chi connectivity index (χ2v) is 9.35. The number of aromatic nitrogens is 1. The molecule has 0 fully saturated rings. The Labute approximate surface area is 201 Å². The van der Waals surface area contributed by atoms with E-state index >= 15 is 4.39 Å². The molecule has 1 aromatic heterocycles. The first-order chi connectivity index (χ1) is 15.9. The summed E-state index contributed by atoms with van der Waals surface area (Å²) in [6, 6.07) is 1.98. The molecule has 0 spiro atoms. The van der Waals surface area contributed by atoms with E-state index in [-0.39, 0.29) is 46.7 Å². The minimum atomic E-state index is -1.17. The predicted octanol–water partition coefficient (Wildman–Crippen LogP) is 4.26. The molecular weight excluding hydrogens is 468 g/mol. The van der Waals surface area contributed by atoms with Gasteiger partial charge in [-0.1, -0.05) is 0 Å². The summed E-state index contributed by atoms with van der Waals surface area (Å²) in [5, 5.41) is 0. The lowest BCUT2D eigenvalue weighted by atomic mass is 9.98. The summed E-state index contributed by atoms with van der Waals surface area (Å²) >= 11 is 5.75. The third-order valence-electron chi connectivity index (χ3n) is 5.55. The Balaban J connectivity index is 1.95. The molecule has 3 rings (SSSR count). The SMILES string of the molecule is C[C@@H]1c2c(ccc(-c3nccc(CCl)c3F)c2F)C(=O)N1C(CCC(=O)OC(C)(C)C)C(N)=O. The molecule has 0 bridgehead atoms. The van der Waals surface area contributed by atoms with Crippen LogP contribution in [0.4, 0.5) is 8.78 Å². The first-order valence-electron chi connectivity index (χ1n) is 10.7. The predicted molar refractivity (Wildman–Crippen MR) is 122 cm³/mol. The van der Waals surface area contributed by atoms with Crippen LogP contribution in [0.1, 0.15) is 68.1 Å². The van der Waals surface area contributed by atoms with Crippen LogP contribution in [0.2, 0.25) is 0 Å². The number of carbonyl (C=O) groups excluding carboxylic acids is 3. The van der Waals surface area contributed by atoms with E-state index in [1.807, 2.05) is 0 Å². The fourth-order valence-electron chi connectivity index (χ4n) is 4.08. The third kappa shape index (κ3) is 4.89.